The highest BCUT2D eigenvalue weighted by Crippen LogP contribution is 2.17. The molecule has 0 aliphatic carbocycles. The van der Waals surface area contributed by atoms with Gasteiger partial charge in [0.2, 0.25) is 0 Å². The number of nitrogens with zero attached hydrogens (tertiary/aromatic N) is 2. The van der Waals surface area contributed by atoms with Crippen LogP contribution >= 0.6 is 0 Å². The van der Waals surface area contributed by atoms with E-state index >= 15 is 0 Å². The first kappa shape index (κ1) is 16.2. The van der Waals surface area contributed by atoms with Gasteiger partial charge < -0.3 is 14.6 Å². The van der Waals surface area contributed by atoms with Crippen LogP contribution in [0.4, 0.5) is 4.39 Å². The molecule has 0 atom stereocenters. The third-order valence-electron chi connectivity index (χ3n) is 3.91. The number of hydrogen-bond donors (Lipinski definition) is 1. The molecule has 0 fully saturated rings. The molecule has 1 aromatic heterocycles. The Hall–Kier alpha value is -2.66. The van der Waals surface area contributed by atoms with Gasteiger partial charge in [-0.05, 0) is 42.3 Å². The molecule has 0 aliphatic rings. The van der Waals surface area contributed by atoms with Crippen LogP contribution in [0.25, 0.3) is 5.69 Å². The van der Waals surface area contributed by atoms with Gasteiger partial charge in [0.25, 0.3) is 0 Å². The number of imidazole rings is 1. The Morgan fingerprint density at radius 2 is 1.79 bits per heavy atom. The number of halogens is 1. The zero-order valence-electron chi connectivity index (χ0n) is 13.8. The van der Waals surface area contributed by atoms with Crippen LogP contribution in [0, 0.1) is 12.7 Å². The highest BCUT2D eigenvalue weighted by molar-refractivity contribution is 5.37. The maximum absolute atomic E-state index is 14.3. The first-order chi connectivity index (χ1) is 11.7. The largest absolute Gasteiger partial charge is 0.497 e. The Labute approximate surface area is 140 Å². The van der Waals surface area contributed by atoms with Crippen LogP contribution in [-0.2, 0) is 13.1 Å². The number of rotatable bonds is 6. The molecule has 0 saturated carbocycles. The van der Waals surface area contributed by atoms with E-state index < -0.39 is 0 Å². The minimum absolute atomic E-state index is 0.250. The molecule has 3 rings (SSSR count). The molecule has 4 nitrogen and oxygen atoms in total. The van der Waals surface area contributed by atoms with Crippen molar-refractivity contribution in [3.63, 3.8) is 0 Å². The molecule has 0 saturated heterocycles. The van der Waals surface area contributed by atoms with Crippen molar-refractivity contribution in [2.45, 2.75) is 20.0 Å². The fourth-order valence-corrected chi connectivity index (χ4v) is 2.58. The second-order valence-corrected chi connectivity index (χ2v) is 5.58. The third kappa shape index (κ3) is 3.63. The van der Waals surface area contributed by atoms with E-state index in [1.165, 1.54) is 0 Å². The zero-order valence-corrected chi connectivity index (χ0v) is 13.8. The van der Waals surface area contributed by atoms with Gasteiger partial charge in [0, 0.05) is 25.5 Å². The number of aromatic nitrogens is 2. The lowest BCUT2D eigenvalue weighted by Gasteiger charge is -2.10. The Morgan fingerprint density at radius 1 is 1.08 bits per heavy atom. The van der Waals surface area contributed by atoms with Crippen LogP contribution in [0.15, 0.2) is 54.9 Å². The predicted octanol–water partition coefficient (Wildman–Crippen LogP) is 3.62. The van der Waals surface area contributed by atoms with Crippen LogP contribution in [-0.4, -0.2) is 16.7 Å². The Morgan fingerprint density at radius 3 is 2.42 bits per heavy atom. The van der Waals surface area contributed by atoms with E-state index in [9.17, 15) is 4.39 Å². The van der Waals surface area contributed by atoms with Crippen LogP contribution in [0.3, 0.4) is 0 Å². The lowest BCUT2D eigenvalue weighted by atomic mass is 10.1. The molecule has 1 heterocycles. The second-order valence-electron chi connectivity index (χ2n) is 5.58. The summed E-state index contributed by atoms with van der Waals surface area (Å²) in [5.41, 5.74) is 2.58. The van der Waals surface area contributed by atoms with Gasteiger partial charge in [-0.25, -0.2) is 9.37 Å². The molecule has 0 amide bonds. The van der Waals surface area contributed by atoms with Crippen LogP contribution in [0.2, 0.25) is 0 Å². The minimum atomic E-state index is -0.250. The summed E-state index contributed by atoms with van der Waals surface area (Å²) < 4.78 is 21.2. The summed E-state index contributed by atoms with van der Waals surface area (Å²) in [5, 5.41) is 3.32. The highest BCUT2D eigenvalue weighted by atomic mass is 19.1. The summed E-state index contributed by atoms with van der Waals surface area (Å²) in [4.78, 5) is 4.13. The van der Waals surface area contributed by atoms with E-state index in [1.807, 2.05) is 37.3 Å². The summed E-state index contributed by atoms with van der Waals surface area (Å²) >= 11 is 0. The zero-order chi connectivity index (χ0) is 16.9. The maximum Gasteiger partial charge on any atom is 0.147 e. The molecule has 0 aliphatic heterocycles. The Balaban J connectivity index is 1.61. The summed E-state index contributed by atoms with van der Waals surface area (Å²) in [5.74, 6) is 1.35. The van der Waals surface area contributed by atoms with Crippen molar-refractivity contribution < 1.29 is 9.13 Å². The summed E-state index contributed by atoms with van der Waals surface area (Å²) in [6.07, 6.45) is 3.43. The number of methoxy groups -OCH3 is 1. The van der Waals surface area contributed by atoms with Crippen molar-refractivity contribution in [2.75, 3.05) is 7.11 Å². The normalized spacial score (nSPS) is 10.8. The standard InChI is InChI=1S/C19H20FN3O/c1-14-22-9-10-23(14)19-8-5-16(11-18(19)20)13-21-12-15-3-6-17(24-2)7-4-15/h3-11,21H,12-13H2,1-2H3. The molecule has 1 N–H and O–H groups in total. The molecule has 0 radical (unpaired) electrons. The van der Waals surface area contributed by atoms with Crippen molar-refractivity contribution in [1.82, 2.24) is 14.9 Å². The molecule has 124 valence electrons. The molecular formula is C19H20FN3O. The first-order valence-corrected chi connectivity index (χ1v) is 7.80. The molecule has 5 heteroatoms. The Bertz CT molecular complexity index is 812. The minimum Gasteiger partial charge on any atom is -0.497 e. The summed E-state index contributed by atoms with van der Waals surface area (Å²) in [6.45, 7) is 3.17. The van der Waals surface area contributed by atoms with Crippen molar-refractivity contribution in [3.05, 3.63) is 77.6 Å². The smallest absolute Gasteiger partial charge is 0.147 e. The van der Waals surface area contributed by atoms with E-state index in [1.54, 1.807) is 36.2 Å². The predicted molar refractivity (Wildman–Crippen MR) is 91.8 cm³/mol. The van der Waals surface area contributed by atoms with Crippen LogP contribution in [0.5, 0.6) is 5.75 Å². The molecule has 0 bridgehead atoms. The number of ether oxygens (including phenoxy) is 1. The lowest BCUT2D eigenvalue weighted by Crippen LogP contribution is -2.13. The van der Waals surface area contributed by atoms with Gasteiger partial charge in [-0.15, -0.1) is 0 Å². The van der Waals surface area contributed by atoms with E-state index in [-0.39, 0.29) is 5.82 Å². The van der Waals surface area contributed by atoms with Gasteiger partial charge in [-0.1, -0.05) is 18.2 Å². The lowest BCUT2D eigenvalue weighted by molar-refractivity contribution is 0.414. The van der Waals surface area contributed by atoms with Gasteiger partial charge in [-0.2, -0.15) is 0 Å². The monoisotopic (exact) mass is 325 g/mol. The third-order valence-corrected chi connectivity index (χ3v) is 3.91. The fourth-order valence-electron chi connectivity index (χ4n) is 2.58. The fraction of sp³-hybridized carbons (Fsp3) is 0.211. The molecule has 24 heavy (non-hydrogen) atoms. The average molecular weight is 325 g/mol. The molecule has 2 aromatic carbocycles. The van der Waals surface area contributed by atoms with Crippen molar-refractivity contribution in [2.24, 2.45) is 0 Å². The Kier molecular flexibility index (Phi) is 4.91. The number of hydrogen-bond acceptors (Lipinski definition) is 3. The van der Waals surface area contributed by atoms with E-state index in [4.69, 9.17) is 4.74 Å². The van der Waals surface area contributed by atoms with Gasteiger partial charge in [0.15, 0.2) is 0 Å². The van der Waals surface area contributed by atoms with E-state index in [0.717, 1.165) is 22.7 Å². The summed E-state index contributed by atoms with van der Waals surface area (Å²) in [6, 6.07) is 13.2. The quantitative estimate of drug-likeness (QED) is 0.752. The van der Waals surface area contributed by atoms with Gasteiger partial charge >= 0.3 is 0 Å². The van der Waals surface area contributed by atoms with E-state index in [0.29, 0.717) is 18.8 Å². The van der Waals surface area contributed by atoms with Crippen molar-refractivity contribution >= 4 is 0 Å². The molecular weight excluding hydrogens is 305 g/mol. The topological polar surface area (TPSA) is 39.1 Å². The van der Waals surface area contributed by atoms with Crippen molar-refractivity contribution in [3.8, 4) is 11.4 Å². The number of aryl methyl sites for hydroxylation is 1. The number of benzene rings is 2. The molecule has 3 aromatic rings. The maximum atomic E-state index is 14.3. The first-order valence-electron chi connectivity index (χ1n) is 7.80. The molecule has 0 spiro atoms. The summed E-state index contributed by atoms with van der Waals surface area (Å²) in [7, 11) is 1.65. The van der Waals surface area contributed by atoms with Gasteiger partial charge in [-0.3, -0.25) is 0 Å². The van der Waals surface area contributed by atoms with Crippen LogP contribution in [0.1, 0.15) is 17.0 Å². The number of nitrogens with one attached hydrogen (secondary N) is 1. The van der Waals surface area contributed by atoms with Gasteiger partial charge in [0.05, 0.1) is 12.8 Å². The highest BCUT2D eigenvalue weighted by Gasteiger charge is 2.07. The average Bonchev–Trinajstić information content (AvgIpc) is 3.01. The van der Waals surface area contributed by atoms with E-state index in [2.05, 4.69) is 10.3 Å². The van der Waals surface area contributed by atoms with Crippen molar-refractivity contribution in [1.29, 1.82) is 0 Å². The van der Waals surface area contributed by atoms with Gasteiger partial charge in [0.1, 0.15) is 17.4 Å². The molecule has 0 unspecified atom stereocenters. The van der Waals surface area contributed by atoms with Crippen LogP contribution < -0.4 is 10.1 Å². The second kappa shape index (κ2) is 7.27. The SMILES string of the molecule is COc1ccc(CNCc2ccc(-n3ccnc3C)c(F)c2)cc1.